The van der Waals surface area contributed by atoms with Gasteiger partial charge in [-0.2, -0.15) is 0 Å². The lowest BCUT2D eigenvalue weighted by Gasteiger charge is -2.18. The molecule has 1 atom stereocenters. The van der Waals surface area contributed by atoms with Gasteiger partial charge in [0.1, 0.15) is 5.75 Å². The van der Waals surface area contributed by atoms with Crippen LogP contribution in [0.4, 0.5) is 11.4 Å². The van der Waals surface area contributed by atoms with Gasteiger partial charge in [0.25, 0.3) is 5.91 Å². The lowest BCUT2D eigenvalue weighted by Crippen LogP contribution is -2.31. The second kappa shape index (κ2) is 8.87. The van der Waals surface area contributed by atoms with E-state index < -0.39 is 18.0 Å². The van der Waals surface area contributed by atoms with Crippen LogP contribution >= 0.6 is 0 Å². The highest BCUT2D eigenvalue weighted by atomic mass is 16.6. The van der Waals surface area contributed by atoms with Crippen molar-refractivity contribution in [2.45, 2.75) is 25.9 Å². The van der Waals surface area contributed by atoms with Crippen molar-refractivity contribution < 1.29 is 23.9 Å². The number of carbonyl (C=O) groups excluding carboxylic acids is 3. The standard InChI is InChI=1S/C24H22N2O5/c1-15(24(29)26-21-8-4-6-16-5-2-3-7-19(16)21)31-23(28)14-30-18-10-11-20-17(13-18)9-12-22(27)25-20/h2-8,10-11,13,15H,9,12,14H2,1H3,(H,25,27)(H,26,29). The summed E-state index contributed by atoms with van der Waals surface area (Å²) in [7, 11) is 0. The van der Waals surface area contributed by atoms with Crippen molar-refractivity contribution in [1.82, 2.24) is 0 Å². The Morgan fingerprint density at radius 1 is 1.06 bits per heavy atom. The second-order valence-electron chi connectivity index (χ2n) is 7.30. The topological polar surface area (TPSA) is 93.7 Å². The number of ether oxygens (including phenoxy) is 2. The van der Waals surface area contributed by atoms with Crippen LogP contribution in [0.15, 0.2) is 60.7 Å². The Kier molecular flexibility index (Phi) is 5.84. The summed E-state index contributed by atoms with van der Waals surface area (Å²) < 4.78 is 10.7. The van der Waals surface area contributed by atoms with E-state index in [-0.39, 0.29) is 12.5 Å². The molecule has 0 spiro atoms. The summed E-state index contributed by atoms with van der Waals surface area (Å²) >= 11 is 0. The van der Waals surface area contributed by atoms with Gasteiger partial charge >= 0.3 is 5.97 Å². The van der Waals surface area contributed by atoms with Gasteiger partial charge in [-0.25, -0.2) is 4.79 Å². The van der Waals surface area contributed by atoms with Crippen molar-refractivity contribution in [3.63, 3.8) is 0 Å². The molecule has 2 amide bonds. The molecule has 31 heavy (non-hydrogen) atoms. The van der Waals surface area contributed by atoms with E-state index in [2.05, 4.69) is 10.6 Å². The van der Waals surface area contributed by atoms with Gasteiger partial charge in [-0.15, -0.1) is 0 Å². The number of fused-ring (bicyclic) bond motifs is 2. The SMILES string of the molecule is CC(OC(=O)COc1ccc2c(c1)CCC(=O)N2)C(=O)Nc1cccc2ccccc12. The summed E-state index contributed by atoms with van der Waals surface area (Å²) in [6.07, 6.45) is 0.0598. The first-order valence-corrected chi connectivity index (χ1v) is 10.0. The van der Waals surface area contributed by atoms with Crippen molar-refractivity contribution in [3.8, 4) is 5.75 Å². The van der Waals surface area contributed by atoms with E-state index in [1.165, 1.54) is 6.92 Å². The molecule has 0 saturated carbocycles. The van der Waals surface area contributed by atoms with Crippen LogP contribution in [0.1, 0.15) is 18.9 Å². The molecule has 158 valence electrons. The number of anilines is 2. The van der Waals surface area contributed by atoms with Gasteiger partial charge in [0, 0.05) is 23.2 Å². The molecule has 4 rings (SSSR count). The maximum Gasteiger partial charge on any atom is 0.344 e. The number of benzene rings is 3. The van der Waals surface area contributed by atoms with Crippen molar-refractivity contribution in [1.29, 1.82) is 0 Å². The summed E-state index contributed by atoms with van der Waals surface area (Å²) in [4.78, 5) is 36.1. The van der Waals surface area contributed by atoms with Crippen LogP contribution in [-0.2, 0) is 25.5 Å². The lowest BCUT2D eigenvalue weighted by atomic mass is 10.0. The number of rotatable bonds is 6. The fourth-order valence-electron chi connectivity index (χ4n) is 3.45. The smallest absolute Gasteiger partial charge is 0.344 e. The Morgan fingerprint density at radius 2 is 1.87 bits per heavy atom. The third kappa shape index (κ3) is 4.83. The molecule has 0 radical (unpaired) electrons. The molecule has 3 aromatic rings. The average Bonchev–Trinajstić information content (AvgIpc) is 2.77. The number of aryl methyl sites for hydroxylation is 1. The molecule has 2 N–H and O–H groups in total. The van der Waals surface area contributed by atoms with Crippen molar-refractivity contribution in [3.05, 3.63) is 66.2 Å². The predicted molar refractivity (Wildman–Crippen MR) is 117 cm³/mol. The van der Waals surface area contributed by atoms with Gasteiger partial charge in [0.2, 0.25) is 5.91 Å². The first kappa shape index (κ1) is 20.4. The molecule has 1 heterocycles. The Bertz CT molecular complexity index is 1150. The molecule has 7 heteroatoms. The molecule has 0 bridgehead atoms. The highest BCUT2D eigenvalue weighted by molar-refractivity contribution is 6.03. The van der Waals surface area contributed by atoms with E-state index in [1.807, 2.05) is 36.4 Å². The number of esters is 1. The number of hydrogen-bond donors (Lipinski definition) is 2. The zero-order valence-electron chi connectivity index (χ0n) is 17.0. The third-order valence-corrected chi connectivity index (χ3v) is 5.05. The van der Waals surface area contributed by atoms with Crippen molar-refractivity contribution >= 4 is 39.9 Å². The van der Waals surface area contributed by atoms with Gasteiger partial charge in [-0.3, -0.25) is 9.59 Å². The fraction of sp³-hybridized carbons (Fsp3) is 0.208. The van der Waals surface area contributed by atoms with Crippen LogP contribution in [-0.4, -0.2) is 30.5 Å². The maximum absolute atomic E-state index is 12.5. The van der Waals surface area contributed by atoms with Crippen LogP contribution in [0, 0.1) is 0 Å². The first-order chi connectivity index (χ1) is 15.0. The minimum atomic E-state index is -0.978. The molecular weight excluding hydrogens is 396 g/mol. The van der Waals surface area contributed by atoms with Gasteiger partial charge in [0.05, 0.1) is 0 Å². The lowest BCUT2D eigenvalue weighted by molar-refractivity contribution is -0.155. The van der Waals surface area contributed by atoms with Gasteiger partial charge < -0.3 is 20.1 Å². The normalized spacial score (nSPS) is 13.6. The highest BCUT2D eigenvalue weighted by Gasteiger charge is 2.20. The Hall–Kier alpha value is -3.87. The van der Waals surface area contributed by atoms with Crippen LogP contribution in [0.5, 0.6) is 5.75 Å². The average molecular weight is 418 g/mol. The number of nitrogens with one attached hydrogen (secondary N) is 2. The molecule has 0 aromatic heterocycles. The predicted octanol–water partition coefficient (Wildman–Crippen LogP) is 3.67. The molecule has 3 aromatic carbocycles. The molecule has 0 fully saturated rings. The molecule has 1 aliphatic heterocycles. The van der Waals surface area contributed by atoms with E-state index in [4.69, 9.17) is 9.47 Å². The van der Waals surface area contributed by atoms with Gasteiger partial charge in [-0.05, 0) is 48.6 Å². The molecule has 1 unspecified atom stereocenters. The summed E-state index contributed by atoms with van der Waals surface area (Å²) in [5.74, 6) is -0.582. The molecule has 0 aliphatic carbocycles. The number of hydrogen-bond acceptors (Lipinski definition) is 5. The monoisotopic (exact) mass is 418 g/mol. The van der Waals surface area contributed by atoms with Crippen LogP contribution in [0.25, 0.3) is 10.8 Å². The highest BCUT2D eigenvalue weighted by Crippen LogP contribution is 2.27. The summed E-state index contributed by atoms with van der Waals surface area (Å²) in [6, 6.07) is 18.5. The molecule has 7 nitrogen and oxygen atoms in total. The minimum Gasteiger partial charge on any atom is -0.482 e. The van der Waals surface area contributed by atoms with E-state index in [0.717, 1.165) is 22.0 Å². The minimum absolute atomic E-state index is 0.0134. The van der Waals surface area contributed by atoms with Crippen molar-refractivity contribution in [2.75, 3.05) is 17.2 Å². The Balaban J connectivity index is 1.31. The Morgan fingerprint density at radius 3 is 2.74 bits per heavy atom. The van der Waals surface area contributed by atoms with E-state index >= 15 is 0 Å². The van der Waals surface area contributed by atoms with Crippen molar-refractivity contribution in [2.24, 2.45) is 0 Å². The number of amides is 2. The van der Waals surface area contributed by atoms with E-state index in [1.54, 1.807) is 24.3 Å². The molecule has 1 aliphatic rings. The number of carbonyl (C=O) groups is 3. The molecule has 0 saturated heterocycles. The second-order valence-corrected chi connectivity index (χ2v) is 7.30. The Labute approximate surface area is 179 Å². The van der Waals surface area contributed by atoms with E-state index in [0.29, 0.717) is 24.3 Å². The quantitative estimate of drug-likeness (QED) is 0.596. The maximum atomic E-state index is 12.5. The van der Waals surface area contributed by atoms with Crippen LogP contribution < -0.4 is 15.4 Å². The fourth-order valence-corrected chi connectivity index (χ4v) is 3.45. The molecular formula is C24H22N2O5. The first-order valence-electron chi connectivity index (χ1n) is 10.0. The van der Waals surface area contributed by atoms with Crippen LogP contribution in [0.2, 0.25) is 0 Å². The van der Waals surface area contributed by atoms with Gasteiger partial charge in [-0.1, -0.05) is 36.4 Å². The summed E-state index contributed by atoms with van der Waals surface area (Å²) in [6.45, 7) is 1.19. The third-order valence-electron chi connectivity index (χ3n) is 5.05. The van der Waals surface area contributed by atoms with Crippen LogP contribution in [0.3, 0.4) is 0 Å². The zero-order chi connectivity index (χ0) is 21.8. The van der Waals surface area contributed by atoms with Gasteiger partial charge in [0.15, 0.2) is 12.7 Å². The summed E-state index contributed by atoms with van der Waals surface area (Å²) in [5, 5.41) is 7.51. The van der Waals surface area contributed by atoms with E-state index in [9.17, 15) is 14.4 Å². The summed E-state index contributed by atoms with van der Waals surface area (Å²) in [5.41, 5.74) is 2.36. The largest absolute Gasteiger partial charge is 0.482 e. The zero-order valence-corrected chi connectivity index (χ0v) is 17.0.